The lowest BCUT2D eigenvalue weighted by molar-refractivity contribution is -0.498. The van der Waals surface area contributed by atoms with Gasteiger partial charge in [-0.2, -0.15) is 8.97 Å². The Morgan fingerprint density at radius 2 is 1.32 bits per heavy atom. The second-order valence-corrected chi connectivity index (χ2v) is 6.75. The molecule has 0 aliphatic rings. The maximum atomic E-state index is 2.37. The molecule has 0 aliphatic carbocycles. The van der Waals surface area contributed by atoms with Crippen molar-refractivity contribution in [3.05, 3.63) is 89.2 Å². The van der Waals surface area contributed by atoms with Crippen molar-refractivity contribution in [3.8, 4) is 16.9 Å². The predicted molar refractivity (Wildman–Crippen MR) is 103 cm³/mol. The van der Waals surface area contributed by atoms with E-state index in [1.807, 2.05) is 0 Å². The summed E-state index contributed by atoms with van der Waals surface area (Å²) in [5.74, 6) is 0. The van der Waals surface area contributed by atoms with Crippen molar-refractivity contribution in [1.82, 2.24) is 4.57 Å². The lowest BCUT2D eigenvalue weighted by atomic mass is 9.99. The molecule has 0 atom stereocenters. The molecule has 2 heterocycles. The van der Waals surface area contributed by atoms with Gasteiger partial charge in [0.2, 0.25) is 0 Å². The maximum Gasteiger partial charge on any atom is 0.292 e. The molecule has 0 spiro atoms. The van der Waals surface area contributed by atoms with Crippen LogP contribution in [0.2, 0.25) is 0 Å². The van der Waals surface area contributed by atoms with E-state index in [4.69, 9.17) is 0 Å². The van der Waals surface area contributed by atoms with Gasteiger partial charge in [0, 0.05) is 18.6 Å². The number of aromatic nitrogens is 2. The zero-order valence-corrected chi connectivity index (χ0v) is 15.2. The van der Waals surface area contributed by atoms with Crippen LogP contribution < -0.4 is 4.40 Å². The van der Waals surface area contributed by atoms with Crippen molar-refractivity contribution < 1.29 is 4.40 Å². The number of benzene rings is 2. The van der Waals surface area contributed by atoms with Crippen LogP contribution in [0, 0.1) is 27.7 Å². The standard InChI is InChI=1S/C23H23N2/c1-16-10-5-6-13-20(16)25-19(4)23(24-15-8-7-14-21(24)25)22-17(2)11-9-12-18(22)3/h5-15H,1-4H3/q+1. The molecule has 0 saturated carbocycles. The first-order valence-electron chi connectivity index (χ1n) is 8.74. The number of pyridine rings is 1. The van der Waals surface area contributed by atoms with Crippen LogP contribution in [-0.2, 0) is 0 Å². The van der Waals surface area contributed by atoms with Crippen LogP contribution in [0.4, 0.5) is 0 Å². The molecule has 0 unspecified atom stereocenters. The zero-order valence-electron chi connectivity index (χ0n) is 15.2. The normalized spacial score (nSPS) is 11.2. The van der Waals surface area contributed by atoms with Crippen LogP contribution in [0.3, 0.4) is 0 Å². The molecule has 4 aromatic rings. The quantitative estimate of drug-likeness (QED) is 0.452. The van der Waals surface area contributed by atoms with Gasteiger partial charge in [0.15, 0.2) is 11.4 Å². The number of aryl methyl sites for hydroxylation is 3. The van der Waals surface area contributed by atoms with Gasteiger partial charge in [-0.25, -0.2) is 0 Å². The van der Waals surface area contributed by atoms with E-state index in [9.17, 15) is 0 Å². The Kier molecular flexibility index (Phi) is 3.69. The van der Waals surface area contributed by atoms with Crippen molar-refractivity contribution in [2.75, 3.05) is 0 Å². The monoisotopic (exact) mass is 327 g/mol. The van der Waals surface area contributed by atoms with Crippen molar-refractivity contribution in [2.24, 2.45) is 0 Å². The first-order valence-corrected chi connectivity index (χ1v) is 8.74. The lowest BCUT2D eigenvalue weighted by Gasteiger charge is -2.07. The fourth-order valence-corrected chi connectivity index (χ4v) is 3.87. The van der Waals surface area contributed by atoms with E-state index in [-0.39, 0.29) is 0 Å². The second kappa shape index (κ2) is 5.89. The molecule has 0 N–H and O–H groups in total. The summed E-state index contributed by atoms with van der Waals surface area (Å²) < 4.78 is 4.69. The molecule has 0 amide bonds. The Labute approximate surface area is 149 Å². The molecule has 2 heteroatoms. The molecule has 0 aliphatic heterocycles. The van der Waals surface area contributed by atoms with E-state index in [2.05, 4.69) is 104 Å². The highest BCUT2D eigenvalue weighted by Crippen LogP contribution is 2.31. The Morgan fingerprint density at radius 3 is 2.04 bits per heavy atom. The predicted octanol–water partition coefficient (Wildman–Crippen LogP) is 5.12. The van der Waals surface area contributed by atoms with Gasteiger partial charge in [0.05, 0.1) is 6.20 Å². The third kappa shape index (κ3) is 2.37. The molecule has 25 heavy (non-hydrogen) atoms. The molecule has 0 radical (unpaired) electrons. The van der Waals surface area contributed by atoms with Gasteiger partial charge in [-0.1, -0.05) is 42.5 Å². The summed E-state index contributed by atoms with van der Waals surface area (Å²) in [6, 6.07) is 21.5. The SMILES string of the molecule is Cc1ccccc1-n1c(C)c(-c2c(C)cccc2C)[n+]2ccccc12. The van der Waals surface area contributed by atoms with Gasteiger partial charge in [-0.15, -0.1) is 0 Å². The van der Waals surface area contributed by atoms with Crippen molar-refractivity contribution >= 4 is 5.65 Å². The van der Waals surface area contributed by atoms with Crippen molar-refractivity contribution in [1.29, 1.82) is 0 Å². The van der Waals surface area contributed by atoms with Crippen LogP contribution in [-0.4, -0.2) is 4.57 Å². The van der Waals surface area contributed by atoms with Crippen molar-refractivity contribution in [2.45, 2.75) is 27.7 Å². The number of para-hydroxylation sites is 1. The summed E-state index contributed by atoms with van der Waals surface area (Å²) in [6.45, 7) is 8.79. The fourth-order valence-electron chi connectivity index (χ4n) is 3.87. The van der Waals surface area contributed by atoms with E-state index in [1.54, 1.807) is 0 Å². The first-order chi connectivity index (χ1) is 12.1. The van der Waals surface area contributed by atoms with Crippen molar-refractivity contribution in [3.63, 3.8) is 0 Å². The molecule has 2 aromatic heterocycles. The van der Waals surface area contributed by atoms with E-state index < -0.39 is 0 Å². The Morgan fingerprint density at radius 1 is 0.680 bits per heavy atom. The third-order valence-electron chi connectivity index (χ3n) is 5.06. The molecule has 0 saturated heterocycles. The highest BCUT2D eigenvalue weighted by Gasteiger charge is 2.27. The molecular formula is C23H23N2+. The topological polar surface area (TPSA) is 9.03 Å². The number of imidazole rings is 1. The lowest BCUT2D eigenvalue weighted by Crippen LogP contribution is -2.22. The number of hydrogen-bond donors (Lipinski definition) is 0. The number of nitrogens with zero attached hydrogens (tertiary/aromatic N) is 2. The van der Waals surface area contributed by atoms with Gasteiger partial charge < -0.3 is 0 Å². The summed E-state index contributed by atoms with van der Waals surface area (Å²) in [4.78, 5) is 0. The molecule has 0 bridgehead atoms. The minimum Gasteiger partial charge on any atom is -0.195 e. The van der Waals surface area contributed by atoms with Crippen LogP contribution >= 0.6 is 0 Å². The van der Waals surface area contributed by atoms with Gasteiger partial charge in [0.1, 0.15) is 5.69 Å². The average Bonchev–Trinajstić information content (AvgIpc) is 2.88. The summed E-state index contributed by atoms with van der Waals surface area (Å²) >= 11 is 0. The zero-order chi connectivity index (χ0) is 17.6. The highest BCUT2D eigenvalue weighted by molar-refractivity contribution is 5.70. The molecular weight excluding hydrogens is 304 g/mol. The second-order valence-electron chi connectivity index (χ2n) is 6.75. The molecule has 124 valence electrons. The Hall–Kier alpha value is -2.87. The maximum absolute atomic E-state index is 2.37. The average molecular weight is 327 g/mol. The van der Waals surface area contributed by atoms with Gasteiger partial charge in [-0.05, 0) is 49.6 Å². The largest absolute Gasteiger partial charge is 0.292 e. The summed E-state index contributed by atoms with van der Waals surface area (Å²) in [7, 11) is 0. The third-order valence-corrected chi connectivity index (χ3v) is 5.06. The van der Waals surface area contributed by atoms with Crippen LogP contribution in [0.1, 0.15) is 22.4 Å². The number of fused-ring (bicyclic) bond motifs is 1. The molecule has 2 nitrogen and oxygen atoms in total. The fraction of sp³-hybridized carbons (Fsp3) is 0.174. The highest BCUT2D eigenvalue weighted by atomic mass is 15.1. The number of rotatable bonds is 2. The first kappa shape index (κ1) is 15.6. The van der Waals surface area contributed by atoms with E-state index in [0.29, 0.717) is 0 Å². The van der Waals surface area contributed by atoms with E-state index in [1.165, 1.54) is 45.0 Å². The Balaban J connectivity index is 2.16. The summed E-state index contributed by atoms with van der Waals surface area (Å²) in [5, 5.41) is 0. The minimum absolute atomic E-state index is 1.19. The van der Waals surface area contributed by atoms with E-state index >= 15 is 0 Å². The molecule has 2 aromatic carbocycles. The molecule has 0 fully saturated rings. The number of hydrogen-bond acceptors (Lipinski definition) is 0. The van der Waals surface area contributed by atoms with Crippen LogP contribution in [0.15, 0.2) is 66.9 Å². The smallest absolute Gasteiger partial charge is 0.195 e. The van der Waals surface area contributed by atoms with Gasteiger partial charge in [0.25, 0.3) is 5.65 Å². The van der Waals surface area contributed by atoms with Crippen LogP contribution in [0.25, 0.3) is 22.6 Å². The van der Waals surface area contributed by atoms with Gasteiger partial charge in [-0.3, -0.25) is 0 Å². The van der Waals surface area contributed by atoms with Gasteiger partial charge >= 0.3 is 0 Å². The summed E-state index contributed by atoms with van der Waals surface area (Å²) in [5.41, 5.74) is 10.2. The Bertz CT molecular complexity index is 1070. The minimum atomic E-state index is 1.19. The molecule has 4 rings (SSSR count). The van der Waals surface area contributed by atoms with E-state index in [0.717, 1.165) is 0 Å². The van der Waals surface area contributed by atoms with Crippen LogP contribution in [0.5, 0.6) is 0 Å². The summed E-state index contributed by atoms with van der Waals surface area (Å²) in [6.07, 6.45) is 2.16.